The van der Waals surface area contributed by atoms with Gasteiger partial charge < -0.3 is 9.80 Å². The van der Waals surface area contributed by atoms with Crippen LogP contribution in [0.4, 0.5) is 0 Å². The van der Waals surface area contributed by atoms with Crippen LogP contribution in [0.25, 0.3) is 0 Å². The van der Waals surface area contributed by atoms with E-state index in [-0.39, 0.29) is 0 Å². The van der Waals surface area contributed by atoms with Gasteiger partial charge in [0, 0.05) is 18.6 Å². The Hall–Kier alpha value is -0.420. The lowest BCUT2D eigenvalue weighted by molar-refractivity contribution is 0.173. The number of nitrogens with zero attached hydrogens (tertiary/aromatic N) is 2. The van der Waals surface area contributed by atoms with E-state index in [0.717, 1.165) is 25.9 Å². The smallest absolute Gasteiger partial charge is 0.0386 e. The Morgan fingerprint density at radius 1 is 1.47 bits per heavy atom. The van der Waals surface area contributed by atoms with E-state index >= 15 is 0 Å². The molecule has 0 aromatic heterocycles. The molecule has 4 heteroatoms. The molecule has 17 heavy (non-hydrogen) atoms. The fourth-order valence-electron chi connectivity index (χ4n) is 2.53. The molecule has 1 heterocycles. The maximum atomic E-state index is 5.72. The highest BCUT2D eigenvalue weighted by Crippen LogP contribution is 2.15. The van der Waals surface area contributed by atoms with Crippen LogP contribution in [0.15, 0.2) is 12.2 Å². The van der Waals surface area contributed by atoms with E-state index in [1.165, 1.54) is 18.5 Å². The molecule has 0 aromatic carbocycles. The van der Waals surface area contributed by atoms with Gasteiger partial charge in [0.2, 0.25) is 0 Å². The van der Waals surface area contributed by atoms with Crippen molar-refractivity contribution in [2.24, 2.45) is 5.84 Å². The average Bonchev–Trinajstić information content (AvgIpc) is 2.42. The highest BCUT2D eigenvalue weighted by atomic mass is 15.3. The van der Waals surface area contributed by atoms with Gasteiger partial charge >= 0.3 is 0 Å². The summed E-state index contributed by atoms with van der Waals surface area (Å²) in [5, 5.41) is 0. The summed E-state index contributed by atoms with van der Waals surface area (Å²) >= 11 is 0. The van der Waals surface area contributed by atoms with E-state index in [0.29, 0.717) is 12.1 Å². The second-order valence-corrected chi connectivity index (χ2v) is 5.43. The number of nitrogens with two attached hydrogens (primary N) is 1. The van der Waals surface area contributed by atoms with Gasteiger partial charge in [-0.05, 0) is 53.4 Å². The molecule has 1 aliphatic heterocycles. The molecule has 1 fully saturated rings. The lowest BCUT2D eigenvalue weighted by Crippen LogP contribution is -2.54. The summed E-state index contributed by atoms with van der Waals surface area (Å²) in [5.74, 6) is 5.72. The Kier molecular flexibility index (Phi) is 6.12. The Morgan fingerprint density at radius 2 is 2.18 bits per heavy atom. The van der Waals surface area contributed by atoms with Gasteiger partial charge in [0.1, 0.15) is 0 Å². The Labute approximate surface area is 106 Å². The molecule has 2 unspecified atom stereocenters. The van der Waals surface area contributed by atoms with Gasteiger partial charge in [-0.25, -0.2) is 0 Å². The van der Waals surface area contributed by atoms with E-state index in [9.17, 15) is 0 Å². The number of hydrogen-bond acceptors (Lipinski definition) is 4. The lowest BCUT2D eigenvalue weighted by atomic mass is 10.00. The first-order valence-corrected chi connectivity index (χ1v) is 6.54. The van der Waals surface area contributed by atoms with E-state index in [1.807, 2.05) is 0 Å². The summed E-state index contributed by atoms with van der Waals surface area (Å²) in [4.78, 5) is 4.84. The highest BCUT2D eigenvalue weighted by molar-refractivity contribution is 4.93. The summed E-state index contributed by atoms with van der Waals surface area (Å²) in [7, 11) is 4.40. The van der Waals surface area contributed by atoms with Crippen LogP contribution in [0.3, 0.4) is 0 Å². The quantitative estimate of drug-likeness (QED) is 0.424. The molecule has 0 spiro atoms. The van der Waals surface area contributed by atoms with Crippen molar-refractivity contribution < 1.29 is 0 Å². The fourth-order valence-corrected chi connectivity index (χ4v) is 2.53. The Bertz CT molecular complexity index is 242. The molecule has 3 N–H and O–H groups in total. The molecule has 0 saturated carbocycles. The van der Waals surface area contributed by atoms with Crippen molar-refractivity contribution in [3.63, 3.8) is 0 Å². The van der Waals surface area contributed by atoms with Crippen LogP contribution in [0.1, 0.15) is 26.2 Å². The summed E-state index contributed by atoms with van der Waals surface area (Å²) in [6.45, 7) is 9.46. The van der Waals surface area contributed by atoms with Crippen molar-refractivity contribution in [3.05, 3.63) is 12.2 Å². The zero-order chi connectivity index (χ0) is 12.8. The standard InChI is InChI=1S/C13H28N4/c1-11(2)6-7-12(15-14)13-10-16(3)8-5-9-17(13)4/h12-13,15H,1,5-10,14H2,2-4H3. The molecule has 0 aromatic rings. The maximum Gasteiger partial charge on any atom is 0.0386 e. The topological polar surface area (TPSA) is 44.5 Å². The highest BCUT2D eigenvalue weighted by Gasteiger charge is 2.27. The van der Waals surface area contributed by atoms with E-state index < -0.39 is 0 Å². The first kappa shape index (κ1) is 14.6. The van der Waals surface area contributed by atoms with Gasteiger partial charge in [-0.1, -0.05) is 5.57 Å². The molecule has 0 amide bonds. The number of likely N-dealkylation sites (N-methyl/N-ethyl adjacent to an activating group) is 2. The van der Waals surface area contributed by atoms with Crippen molar-refractivity contribution in [3.8, 4) is 0 Å². The molecular formula is C13H28N4. The molecular weight excluding hydrogens is 212 g/mol. The van der Waals surface area contributed by atoms with Crippen molar-refractivity contribution in [1.29, 1.82) is 0 Å². The minimum Gasteiger partial charge on any atom is -0.305 e. The Balaban J connectivity index is 2.59. The van der Waals surface area contributed by atoms with Gasteiger partial charge in [-0.2, -0.15) is 0 Å². The van der Waals surface area contributed by atoms with Crippen molar-refractivity contribution in [2.75, 3.05) is 33.7 Å². The summed E-state index contributed by atoms with van der Waals surface area (Å²) < 4.78 is 0. The zero-order valence-electron chi connectivity index (χ0n) is 11.6. The molecule has 2 atom stereocenters. The third-order valence-electron chi connectivity index (χ3n) is 3.68. The number of rotatable bonds is 5. The van der Waals surface area contributed by atoms with Crippen LogP contribution in [-0.4, -0.2) is 55.6 Å². The largest absolute Gasteiger partial charge is 0.305 e. The normalized spacial score (nSPS) is 25.5. The van der Waals surface area contributed by atoms with Gasteiger partial charge in [0.15, 0.2) is 0 Å². The van der Waals surface area contributed by atoms with Gasteiger partial charge in [0.05, 0.1) is 0 Å². The third-order valence-corrected chi connectivity index (χ3v) is 3.68. The molecule has 1 saturated heterocycles. The first-order valence-electron chi connectivity index (χ1n) is 6.54. The predicted octanol–water partition coefficient (Wildman–Crippen LogP) is 0.811. The molecule has 1 aliphatic rings. The zero-order valence-corrected chi connectivity index (χ0v) is 11.6. The maximum absolute atomic E-state index is 5.72. The predicted molar refractivity (Wildman–Crippen MR) is 73.7 cm³/mol. The summed E-state index contributed by atoms with van der Waals surface area (Å²) in [6.07, 6.45) is 3.35. The fraction of sp³-hybridized carbons (Fsp3) is 0.846. The molecule has 1 rings (SSSR count). The second kappa shape index (κ2) is 7.11. The van der Waals surface area contributed by atoms with Crippen molar-refractivity contribution >= 4 is 0 Å². The lowest BCUT2D eigenvalue weighted by Gasteiger charge is -2.34. The van der Waals surface area contributed by atoms with Crippen LogP contribution in [-0.2, 0) is 0 Å². The molecule has 4 nitrogen and oxygen atoms in total. The second-order valence-electron chi connectivity index (χ2n) is 5.43. The van der Waals surface area contributed by atoms with Gasteiger partial charge in [0.25, 0.3) is 0 Å². The van der Waals surface area contributed by atoms with Crippen LogP contribution in [0.2, 0.25) is 0 Å². The van der Waals surface area contributed by atoms with Crippen molar-refractivity contribution in [2.45, 2.75) is 38.3 Å². The minimum atomic E-state index is 0.345. The third kappa shape index (κ3) is 4.76. The average molecular weight is 240 g/mol. The monoisotopic (exact) mass is 240 g/mol. The number of hydrazine groups is 1. The summed E-state index contributed by atoms with van der Waals surface area (Å²) in [5.41, 5.74) is 4.23. The van der Waals surface area contributed by atoms with Crippen LogP contribution in [0, 0.1) is 0 Å². The van der Waals surface area contributed by atoms with Crippen LogP contribution < -0.4 is 11.3 Å². The molecule has 0 aliphatic carbocycles. The summed E-state index contributed by atoms with van der Waals surface area (Å²) in [6, 6.07) is 0.837. The minimum absolute atomic E-state index is 0.345. The molecule has 100 valence electrons. The van der Waals surface area contributed by atoms with E-state index in [2.05, 4.69) is 42.8 Å². The van der Waals surface area contributed by atoms with Crippen LogP contribution in [0.5, 0.6) is 0 Å². The number of hydrogen-bond donors (Lipinski definition) is 2. The first-order chi connectivity index (χ1) is 8.04. The van der Waals surface area contributed by atoms with E-state index in [1.54, 1.807) is 0 Å². The van der Waals surface area contributed by atoms with E-state index in [4.69, 9.17) is 5.84 Å². The van der Waals surface area contributed by atoms with Crippen molar-refractivity contribution in [1.82, 2.24) is 15.2 Å². The van der Waals surface area contributed by atoms with Gasteiger partial charge in [-0.15, -0.1) is 6.58 Å². The van der Waals surface area contributed by atoms with Crippen LogP contribution >= 0.6 is 0 Å². The molecule has 0 radical (unpaired) electrons. The molecule has 0 bridgehead atoms. The van der Waals surface area contributed by atoms with Gasteiger partial charge in [-0.3, -0.25) is 11.3 Å². The number of nitrogens with one attached hydrogen (secondary N) is 1. The SMILES string of the molecule is C=C(C)CCC(NN)C1CN(C)CCCN1C. The number of allylic oxidation sites excluding steroid dienone is 1. The Morgan fingerprint density at radius 3 is 2.76 bits per heavy atom.